The van der Waals surface area contributed by atoms with Gasteiger partial charge in [-0.25, -0.2) is 4.98 Å². The molecule has 1 aromatic heterocycles. The van der Waals surface area contributed by atoms with E-state index in [4.69, 9.17) is 14.2 Å². The van der Waals surface area contributed by atoms with E-state index in [0.29, 0.717) is 28.8 Å². The summed E-state index contributed by atoms with van der Waals surface area (Å²) in [5.74, 6) is 1.62. The number of amides is 1. The Kier molecular flexibility index (Phi) is 5.40. The van der Waals surface area contributed by atoms with Crippen LogP contribution in [0, 0.1) is 11.3 Å². The number of fused-ring (bicyclic) bond motifs is 1. The molecule has 2 heterocycles. The first-order valence-corrected chi connectivity index (χ1v) is 9.53. The summed E-state index contributed by atoms with van der Waals surface area (Å²) in [5, 5.41) is 14.1. The summed E-state index contributed by atoms with van der Waals surface area (Å²) in [6.07, 6.45) is 3.10. The van der Waals surface area contributed by atoms with Gasteiger partial charge in [0.15, 0.2) is 16.6 Å². The highest BCUT2D eigenvalue weighted by atomic mass is 32.1. The van der Waals surface area contributed by atoms with Gasteiger partial charge < -0.3 is 14.2 Å². The van der Waals surface area contributed by atoms with E-state index in [9.17, 15) is 10.1 Å². The number of aromatic nitrogens is 1. The largest absolute Gasteiger partial charge is 0.489 e. The van der Waals surface area contributed by atoms with Gasteiger partial charge in [0.2, 0.25) is 6.79 Å². The second-order valence-electron chi connectivity index (χ2n) is 6.01. The zero-order valence-corrected chi connectivity index (χ0v) is 15.9. The van der Waals surface area contributed by atoms with Crippen LogP contribution in [0.5, 0.6) is 17.2 Å². The number of hydrogen-bond donors (Lipinski definition) is 1. The normalized spacial score (nSPS) is 12.3. The van der Waals surface area contributed by atoms with E-state index in [1.54, 1.807) is 35.8 Å². The van der Waals surface area contributed by atoms with Gasteiger partial charge in [0, 0.05) is 11.6 Å². The van der Waals surface area contributed by atoms with E-state index in [1.165, 1.54) is 17.4 Å². The molecule has 2 aromatic carbocycles. The molecule has 0 saturated carbocycles. The van der Waals surface area contributed by atoms with Crippen molar-refractivity contribution in [3.05, 3.63) is 70.7 Å². The second kappa shape index (κ2) is 8.46. The third kappa shape index (κ3) is 4.54. The summed E-state index contributed by atoms with van der Waals surface area (Å²) in [4.78, 5) is 16.1. The molecular formula is C21H15N3O4S. The summed E-state index contributed by atoms with van der Waals surface area (Å²) < 4.78 is 16.4. The van der Waals surface area contributed by atoms with Crippen LogP contribution in [0.15, 0.2) is 59.6 Å². The predicted octanol–water partition coefficient (Wildman–Crippen LogP) is 4.00. The van der Waals surface area contributed by atoms with Crippen LogP contribution in [-0.4, -0.2) is 17.7 Å². The number of nitriles is 1. The number of benzene rings is 2. The van der Waals surface area contributed by atoms with E-state index in [0.717, 1.165) is 11.3 Å². The lowest BCUT2D eigenvalue weighted by Crippen LogP contribution is -2.13. The Morgan fingerprint density at radius 2 is 2.07 bits per heavy atom. The van der Waals surface area contributed by atoms with Crippen molar-refractivity contribution in [2.45, 2.75) is 6.61 Å². The average molecular weight is 405 g/mol. The molecule has 0 atom stereocenters. The smallest absolute Gasteiger partial charge is 0.268 e. The molecule has 4 rings (SSSR count). The Labute approximate surface area is 170 Å². The monoisotopic (exact) mass is 405 g/mol. The fourth-order valence-electron chi connectivity index (χ4n) is 2.62. The van der Waals surface area contributed by atoms with Crippen molar-refractivity contribution >= 4 is 28.5 Å². The molecule has 0 saturated heterocycles. The second-order valence-corrected chi connectivity index (χ2v) is 6.90. The fourth-order valence-corrected chi connectivity index (χ4v) is 3.15. The topological polar surface area (TPSA) is 93.5 Å². The van der Waals surface area contributed by atoms with Crippen LogP contribution >= 0.6 is 11.3 Å². The number of hydrogen-bond acceptors (Lipinski definition) is 7. The van der Waals surface area contributed by atoms with Crippen molar-refractivity contribution in [1.82, 2.24) is 4.98 Å². The molecule has 29 heavy (non-hydrogen) atoms. The summed E-state index contributed by atoms with van der Waals surface area (Å²) in [6.45, 7) is 0.618. The average Bonchev–Trinajstić information content (AvgIpc) is 3.42. The zero-order chi connectivity index (χ0) is 20.1. The minimum atomic E-state index is -0.495. The summed E-state index contributed by atoms with van der Waals surface area (Å²) in [5.41, 5.74) is 1.67. The molecule has 8 heteroatoms. The first-order chi connectivity index (χ1) is 14.2. The number of nitrogens with one attached hydrogen (secondary N) is 1. The van der Waals surface area contributed by atoms with Gasteiger partial charge in [0.25, 0.3) is 5.91 Å². The molecule has 0 unspecified atom stereocenters. The van der Waals surface area contributed by atoms with E-state index in [2.05, 4.69) is 10.3 Å². The van der Waals surface area contributed by atoms with Gasteiger partial charge in [-0.3, -0.25) is 10.1 Å². The molecule has 0 radical (unpaired) electrons. The number of ether oxygens (including phenoxy) is 3. The highest BCUT2D eigenvalue weighted by Crippen LogP contribution is 2.32. The first-order valence-electron chi connectivity index (χ1n) is 8.65. The van der Waals surface area contributed by atoms with Gasteiger partial charge in [-0.2, -0.15) is 5.26 Å². The van der Waals surface area contributed by atoms with Crippen LogP contribution in [0.3, 0.4) is 0 Å². The van der Waals surface area contributed by atoms with Crippen molar-refractivity contribution in [3.63, 3.8) is 0 Å². The maximum Gasteiger partial charge on any atom is 0.268 e. The van der Waals surface area contributed by atoms with Crippen LogP contribution < -0.4 is 19.5 Å². The summed E-state index contributed by atoms with van der Waals surface area (Å²) >= 11 is 1.29. The van der Waals surface area contributed by atoms with Gasteiger partial charge in [-0.15, -0.1) is 11.3 Å². The number of carbonyl (C=O) groups excluding carboxylic acids is 1. The Morgan fingerprint density at radius 3 is 2.83 bits per heavy atom. The van der Waals surface area contributed by atoms with E-state index >= 15 is 0 Å². The quantitative estimate of drug-likeness (QED) is 0.492. The summed E-state index contributed by atoms with van der Waals surface area (Å²) in [6, 6.07) is 14.7. The van der Waals surface area contributed by atoms with Gasteiger partial charge in [-0.05, 0) is 41.5 Å². The molecule has 0 aliphatic carbocycles. The number of anilines is 1. The third-order valence-electron chi connectivity index (χ3n) is 4.05. The number of rotatable bonds is 6. The van der Waals surface area contributed by atoms with E-state index in [1.807, 2.05) is 24.3 Å². The lowest BCUT2D eigenvalue weighted by Gasteiger charge is -2.07. The minimum absolute atomic E-state index is 0.00534. The minimum Gasteiger partial charge on any atom is -0.489 e. The molecular weight excluding hydrogens is 390 g/mol. The molecule has 1 amide bonds. The van der Waals surface area contributed by atoms with Gasteiger partial charge >= 0.3 is 0 Å². The fraction of sp³-hybridized carbons (Fsp3) is 0.0952. The number of carbonyl (C=O) groups is 1. The van der Waals surface area contributed by atoms with E-state index in [-0.39, 0.29) is 12.4 Å². The van der Waals surface area contributed by atoms with Crippen LogP contribution in [-0.2, 0) is 11.4 Å². The van der Waals surface area contributed by atoms with E-state index < -0.39 is 5.91 Å². The van der Waals surface area contributed by atoms with Crippen LogP contribution in [0.4, 0.5) is 5.13 Å². The molecule has 1 N–H and O–H groups in total. The Balaban J connectivity index is 1.38. The SMILES string of the molecule is N#C/C(=C/c1ccc(OCc2ccc3c(c2)OCO3)cc1)C(=O)Nc1nccs1. The Bertz CT molecular complexity index is 1090. The van der Waals surface area contributed by atoms with Crippen LogP contribution in [0.25, 0.3) is 6.08 Å². The molecule has 1 aliphatic heterocycles. The lowest BCUT2D eigenvalue weighted by molar-refractivity contribution is -0.112. The summed E-state index contributed by atoms with van der Waals surface area (Å²) in [7, 11) is 0. The molecule has 1 aliphatic rings. The molecule has 144 valence electrons. The standard InChI is InChI=1S/C21H15N3O4S/c22-11-16(20(25)24-21-23-7-8-29-21)9-14-1-4-17(5-2-14)26-12-15-3-6-18-19(10-15)28-13-27-18/h1-10H,12-13H2,(H,23,24,25)/b16-9-. The number of nitrogens with zero attached hydrogens (tertiary/aromatic N) is 2. The molecule has 7 nitrogen and oxygen atoms in total. The van der Waals surface area contributed by atoms with Crippen molar-refractivity contribution in [3.8, 4) is 23.3 Å². The Hall–Kier alpha value is -3.83. The maximum atomic E-state index is 12.2. The molecule has 3 aromatic rings. The molecule has 0 fully saturated rings. The van der Waals surface area contributed by atoms with Crippen molar-refractivity contribution in [2.75, 3.05) is 12.1 Å². The van der Waals surface area contributed by atoms with Crippen molar-refractivity contribution in [1.29, 1.82) is 5.26 Å². The maximum absolute atomic E-state index is 12.2. The first kappa shape index (κ1) is 18.5. The lowest BCUT2D eigenvalue weighted by atomic mass is 10.1. The number of thiazole rings is 1. The predicted molar refractivity (Wildman–Crippen MR) is 108 cm³/mol. The molecule has 0 spiro atoms. The highest BCUT2D eigenvalue weighted by molar-refractivity contribution is 7.13. The Morgan fingerprint density at radius 1 is 1.24 bits per heavy atom. The van der Waals surface area contributed by atoms with Crippen LogP contribution in [0.1, 0.15) is 11.1 Å². The van der Waals surface area contributed by atoms with Gasteiger partial charge in [0.1, 0.15) is 24.0 Å². The van der Waals surface area contributed by atoms with Gasteiger partial charge in [-0.1, -0.05) is 18.2 Å². The van der Waals surface area contributed by atoms with Gasteiger partial charge in [0.05, 0.1) is 0 Å². The zero-order valence-electron chi connectivity index (χ0n) is 15.1. The van der Waals surface area contributed by atoms with Crippen LogP contribution in [0.2, 0.25) is 0 Å². The van der Waals surface area contributed by atoms with Crippen molar-refractivity contribution < 1.29 is 19.0 Å². The molecule has 0 bridgehead atoms. The highest BCUT2D eigenvalue weighted by Gasteiger charge is 2.13. The van der Waals surface area contributed by atoms with Crippen molar-refractivity contribution in [2.24, 2.45) is 0 Å². The third-order valence-corrected chi connectivity index (χ3v) is 4.74.